The van der Waals surface area contributed by atoms with Crippen LogP contribution in [0.15, 0.2) is 0 Å². The van der Waals surface area contributed by atoms with E-state index < -0.39 is 0 Å². The smallest absolute Gasteiger partial charge is 0.224 e. The van der Waals surface area contributed by atoms with Crippen molar-refractivity contribution in [3.05, 3.63) is 0 Å². The van der Waals surface area contributed by atoms with E-state index in [0.717, 1.165) is 70.7 Å². The summed E-state index contributed by atoms with van der Waals surface area (Å²) < 4.78 is 5.54. The Kier molecular flexibility index (Phi) is 5.11. The number of ether oxygens (including phenoxy) is 1. The van der Waals surface area contributed by atoms with Crippen LogP contribution in [0.5, 0.6) is 0 Å². The number of amides is 1. The number of nitrogens with zero attached hydrogens (tertiary/aromatic N) is 2. The Labute approximate surface area is 146 Å². The van der Waals surface area contributed by atoms with Crippen LogP contribution in [0.25, 0.3) is 0 Å². The van der Waals surface area contributed by atoms with E-state index in [1.54, 1.807) is 0 Å². The first kappa shape index (κ1) is 16.8. The van der Waals surface area contributed by atoms with Crippen LogP contribution >= 0.6 is 0 Å². The van der Waals surface area contributed by atoms with Crippen LogP contribution in [0.3, 0.4) is 0 Å². The summed E-state index contributed by atoms with van der Waals surface area (Å²) >= 11 is 0. The van der Waals surface area contributed by atoms with Crippen molar-refractivity contribution in [2.45, 2.75) is 50.5 Å². The number of fused-ring (bicyclic) bond motifs is 1. The summed E-state index contributed by atoms with van der Waals surface area (Å²) in [6, 6.07) is 0. The van der Waals surface area contributed by atoms with Crippen molar-refractivity contribution in [1.29, 1.82) is 0 Å². The van der Waals surface area contributed by atoms with E-state index in [1.807, 2.05) is 0 Å². The first-order valence-electron chi connectivity index (χ1n) is 10.1. The number of likely N-dealkylation sites (tertiary alicyclic amines) is 1. The molecule has 3 aliphatic heterocycles. The van der Waals surface area contributed by atoms with Gasteiger partial charge in [0.05, 0.1) is 13.2 Å². The average molecular weight is 335 g/mol. The highest BCUT2D eigenvalue weighted by molar-refractivity contribution is 5.77. The highest BCUT2D eigenvalue weighted by Gasteiger charge is 2.43. The Bertz CT molecular complexity index is 430. The van der Waals surface area contributed by atoms with Gasteiger partial charge in [-0.05, 0) is 50.6 Å². The van der Waals surface area contributed by atoms with Gasteiger partial charge in [0.25, 0.3) is 0 Å². The number of hydrogen-bond acceptors (Lipinski definition) is 4. The van der Waals surface area contributed by atoms with Gasteiger partial charge in [0.2, 0.25) is 5.91 Å². The minimum Gasteiger partial charge on any atom is -0.379 e. The fraction of sp³-hybridized carbons (Fsp3) is 0.947. The third-order valence-electron chi connectivity index (χ3n) is 7.07. The molecule has 1 saturated carbocycles. The van der Waals surface area contributed by atoms with Gasteiger partial charge >= 0.3 is 0 Å². The quantitative estimate of drug-likeness (QED) is 0.848. The molecule has 0 radical (unpaired) electrons. The summed E-state index contributed by atoms with van der Waals surface area (Å²) in [6.45, 7) is 7.93. The standard InChI is InChI=1S/C19H33N3O2/c23-18(21-7-3-16-14-20-15-17(16)4-8-21)13-19(5-1-2-6-19)22-9-11-24-12-10-22/h16-17,20H,1-15H2/t16-,17+. The van der Waals surface area contributed by atoms with Crippen molar-refractivity contribution in [2.75, 3.05) is 52.5 Å². The molecule has 0 aromatic heterocycles. The van der Waals surface area contributed by atoms with Crippen LogP contribution in [0.2, 0.25) is 0 Å². The van der Waals surface area contributed by atoms with E-state index >= 15 is 0 Å². The van der Waals surface area contributed by atoms with E-state index in [9.17, 15) is 4.79 Å². The Morgan fingerprint density at radius 3 is 2.25 bits per heavy atom. The largest absolute Gasteiger partial charge is 0.379 e. The number of nitrogens with one attached hydrogen (secondary N) is 1. The molecule has 0 aromatic carbocycles. The molecule has 0 unspecified atom stereocenters. The molecular weight excluding hydrogens is 302 g/mol. The lowest BCUT2D eigenvalue weighted by Crippen LogP contribution is -2.54. The topological polar surface area (TPSA) is 44.8 Å². The molecule has 1 amide bonds. The Hall–Kier alpha value is -0.650. The van der Waals surface area contributed by atoms with Crippen molar-refractivity contribution in [3.63, 3.8) is 0 Å². The molecule has 0 aromatic rings. The van der Waals surface area contributed by atoms with Crippen molar-refractivity contribution < 1.29 is 9.53 Å². The maximum atomic E-state index is 13.1. The van der Waals surface area contributed by atoms with E-state index in [0.29, 0.717) is 5.91 Å². The van der Waals surface area contributed by atoms with Crippen LogP contribution in [0.4, 0.5) is 0 Å². The molecule has 5 heteroatoms. The Morgan fingerprint density at radius 1 is 1.00 bits per heavy atom. The second-order valence-corrected chi connectivity index (χ2v) is 8.34. The van der Waals surface area contributed by atoms with Crippen molar-refractivity contribution in [1.82, 2.24) is 15.1 Å². The van der Waals surface area contributed by atoms with E-state index in [1.165, 1.54) is 38.5 Å². The predicted molar refractivity (Wildman–Crippen MR) is 93.9 cm³/mol. The molecule has 0 bridgehead atoms. The van der Waals surface area contributed by atoms with Gasteiger partial charge in [0.15, 0.2) is 0 Å². The first-order valence-corrected chi connectivity index (χ1v) is 10.1. The Morgan fingerprint density at radius 2 is 1.62 bits per heavy atom. The molecule has 2 atom stereocenters. The monoisotopic (exact) mass is 335 g/mol. The van der Waals surface area contributed by atoms with Gasteiger partial charge in [-0.2, -0.15) is 0 Å². The molecule has 136 valence electrons. The van der Waals surface area contributed by atoms with Gasteiger partial charge in [0, 0.05) is 38.1 Å². The molecule has 3 heterocycles. The van der Waals surface area contributed by atoms with Crippen molar-refractivity contribution >= 4 is 5.91 Å². The molecule has 1 N–H and O–H groups in total. The molecular formula is C19H33N3O2. The summed E-state index contributed by atoms with van der Waals surface area (Å²) in [5.74, 6) is 2.00. The lowest BCUT2D eigenvalue weighted by Gasteiger charge is -2.44. The van der Waals surface area contributed by atoms with Gasteiger partial charge in [-0.3, -0.25) is 9.69 Å². The van der Waals surface area contributed by atoms with E-state index in [4.69, 9.17) is 4.74 Å². The molecule has 5 nitrogen and oxygen atoms in total. The number of morpholine rings is 1. The second kappa shape index (κ2) is 7.30. The first-order chi connectivity index (χ1) is 11.8. The highest BCUT2D eigenvalue weighted by Crippen LogP contribution is 2.39. The molecule has 1 aliphatic carbocycles. The van der Waals surface area contributed by atoms with Gasteiger partial charge in [-0.25, -0.2) is 0 Å². The summed E-state index contributed by atoms with van der Waals surface area (Å²) in [5.41, 5.74) is 0.130. The normalized spacial score (nSPS) is 34.1. The number of carbonyl (C=O) groups excluding carboxylic acids is 1. The Balaban J connectivity index is 1.39. The fourth-order valence-electron chi connectivity index (χ4n) is 5.54. The zero-order valence-electron chi connectivity index (χ0n) is 15.0. The zero-order valence-corrected chi connectivity index (χ0v) is 15.0. The van der Waals surface area contributed by atoms with Gasteiger partial charge in [0.1, 0.15) is 0 Å². The maximum absolute atomic E-state index is 13.1. The third-order valence-corrected chi connectivity index (χ3v) is 7.07. The van der Waals surface area contributed by atoms with Crippen LogP contribution in [-0.2, 0) is 9.53 Å². The molecule has 4 fully saturated rings. The molecule has 4 aliphatic rings. The van der Waals surface area contributed by atoms with Gasteiger partial charge < -0.3 is 15.0 Å². The summed E-state index contributed by atoms with van der Waals surface area (Å²) in [4.78, 5) is 17.9. The molecule has 0 spiro atoms. The van der Waals surface area contributed by atoms with Crippen LogP contribution in [0, 0.1) is 11.8 Å². The summed E-state index contributed by atoms with van der Waals surface area (Å²) in [6.07, 6.45) is 8.06. The van der Waals surface area contributed by atoms with Gasteiger partial charge in [-0.1, -0.05) is 12.8 Å². The SMILES string of the molecule is O=C(CC1(N2CCOCC2)CCCC1)N1CC[C@@H]2CNC[C@@H]2CC1. The fourth-order valence-corrected chi connectivity index (χ4v) is 5.54. The number of hydrogen-bond donors (Lipinski definition) is 1. The minimum absolute atomic E-state index is 0.130. The highest BCUT2D eigenvalue weighted by atomic mass is 16.5. The zero-order chi connectivity index (χ0) is 16.4. The van der Waals surface area contributed by atoms with E-state index in [2.05, 4.69) is 15.1 Å². The van der Waals surface area contributed by atoms with E-state index in [-0.39, 0.29) is 5.54 Å². The van der Waals surface area contributed by atoms with Gasteiger partial charge in [-0.15, -0.1) is 0 Å². The summed E-state index contributed by atoms with van der Waals surface area (Å²) in [5, 5.41) is 3.52. The lowest BCUT2D eigenvalue weighted by molar-refractivity contribution is -0.135. The molecule has 4 rings (SSSR count). The lowest BCUT2D eigenvalue weighted by atomic mass is 9.89. The van der Waals surface area contributed by atoms with Crippen LogP contribution < -0.4 is 5.32 Å². The van der Waals surface area contributed by atoms with Crippen LogP contribution in [0.1, 0.15) is 44.9 Å². The predicted octanol–water partition coefficient (Wildman–Crippen LogP) is 1.48. The third kappa shape index (κ3) is 3.35. The maximum Gasteiger partial charge on any atom is 0.224 e. The number of rotatable bonds is 3. The minimum atomic E-state index is 0.130. The molecule has 3 saturated heterocycles. The van der Waals surface area contributed by atoms with Crippen molar-refractivity contribution in [2.24, 2.45) is 11.8 Å². The van der Waals surface area contributed by atoms with Crippen LogP contribution in [-0.4, -0.2) is 73.7 Å². The number of carbonyl (C=O) groups is 1. The second-order valence-electron chi connectivity index (χ2n) is 8.34. The average Bonchev–Trinajstić information content (AvgIpc) is 3.22. The van der Waals surface area contributed by atoms with Crippen molar-refractivity contribution in [3.8, 4) is 0 Å². The summed E-state index contributed by atoms with van der Waals surface area (Å²) in [7, 11) is 0. The molecule has 24 heavy (non-hydrogen) atoms.